The number of aromatic nitrogens is 6. The lowest BCUT2D eigenvalue weighted by atomic mass is 9.99. The number of hydrogen-bond acceptors (Lipinski definition) is 6. The van der Waals surface area contributed by atoms with Crippen LogP contribution in [-0.2, 0) is 12.8 Å². The molecule has 0 saturated carbocycles. The van der Waals surface area contributed by atoms with Gasteiger partial charge in [-0.15, -0.1) is 11.3 Å². The molecular weight excluding hydrogens is 741 g/mol. The minimum Gasteiger partial charge on any atom is -0.313 e. The van der Waals surface area contributed by atoms with Gasteiger partial charge in [0.15, 0.2) is 0 Å². The van der Waals surface area contributed by atoms with Crippen molar-refractivity contribution in [3.8, 4) is 20.9 Å². The van der Waals surface area contributed by atoms with Gasteiger partial charge in [0.25, 0.3) is 22.1 Å². The molecule has 0 spiro atoms. The number of aryl methyl sites for hydroxylation is 2. The van der Waals surface area contributed by atoms with Gasteiger partial charge in [-0.1, -0.05) is 181 Å². The fraction of sp³-hybridized carbons (Fsp3) is 0.727. The summed E-state index contributed by atoms with van der Waals surface area (Å²) in [5, 5.41) is 0. The summed E-state index contributed by atoms with van der Waals surface area (Å²) in [6.45, 7) is 4.59. The van der Waals surface area contributed by atoms with Crippen molar-refractivity contribution in [2.45, 2.75) is 206 Å². The Hall–Kier alpha value is -1.88. The predicted octanol–water partition coefficient (Wildman–Crippen LogP) is 16.0. The molecule has 0 atom stereocenters. The summed E-state index contributed by atoms with van der Waals surface area (Å²) in [5.41, 5.74) is 12.6. The van der Waals surface area contributed by atoms with Gasteiger partial charge in [0.1, 0.15) is 11.0 Å². The molecule has 5 aromatic rings. The Morgan fingerprint density at radius 3 is 1.59 bits per heavy atom. The largest absolute Gasteiger partial charge is 0.313 e. The maximum Gasteiger partial charge on any atom is 0.279 e. The zero-order chi connectivity index (χ0) is 37.5. The third-order valence-electron chi connectivity index (χ3n) is 11.3. The molecule has 298 valence electrons. The van der Waals surface area contributed by atoms with Gasteiger partial charge in [-0.25, -0.2) is 4.98 Å². The summed E-state index contributed by atoms with van der Waals surface area (Å²) in [6, 6.07) is 0. The second-order valence-electron chi connectivity index (χ2n) is 15.7. The van der Waals surface area contributed by atoms with E-state index in [-0.39, 0.29) is 0 Å². The Balaban J connectivity index is 1.08. The van der Waals surface area contributed by atoms with Crippen LogP contribution in [0.1, 0.15) is 205 Å². The number of unbranched alkanes of at least 4 members (excludes halogenated alkanes) is 26. The van der Waals surface area contributed by atoms with Gasteiger partial charge in [-0.2, -0.15) is 17.5 Å². The Morgan fingerprint density at radius 2 is 1.06 bits per heavy atom. The topological polar surface area (TPSA) is 81.5 Å². The van der Waals surface area contributed by atoms with E-state index < -0.39 is 0 Å². The number of H-pyrrole nitrogens is 1. The molecule has 0 radical (unpaired) electrons. The Bertz CT molecular complexity index is 1530. The molecule has 0 bridgehead atoms. The van der Waals surface area contributed by atoms with Crippen LogP contribution in [-0.4, -0.2) is 23.1 Å². The Labute approximate surface area is 343 Å². The van der Waals surface area contributed by atoms with E-state index in [1.807, 2.05) is 5.51 Å². The summed E-state index contributed by atoms with van der Waals surface area (Å²) in [7, 11) is 0. The average molecular weight is 810 g/mol. The molecule has 1 N–H and O–H groups in total. The fourth-order valence-electron chi connectivity index (χ4n) is 8.01. The van der Waals surface area contributed by atoms with Crippen molar-refractivity contribution in [1.29, 1.82) is 0 Å². The molecule has 5 rings (SSSR count). The third kappa shape index (κ3) is 13.7. The molecule has 0 fully saturated rings. The smallest absolute Gasteiger partial charge is 0.279 e. The zero-order valence-electron chi connectivity index (χ0n) is 33.7. The second-order valence-corrected chi connectivity index (χ2v) is 18.5. The Morgan fingerprint density at radius 1 is 0.574 bits per heavy atom. The lowest BCUT2D eigenvalue weighted by molar-refractivity contribution is 0.535. The van der Waals surface area contributed by atoms with E-state index in [0.29, 0.717) is 0 Å². The van der Waals surface area contributed by atoms with Crippen molar-refractivity contribution in [3.63, 3.8) is 0 Å². The molecule has 0 aliphatic carbocycles. The second kappa shape index (κ2) is 26.1. The van der Waals surface area contributed by atoms with Crippen LogP contribution in [0.25, 0.3) is 42.9 Å². The zero-order valence-corrected chi connectivity index (χ0v) is 37.0. The van der Waals surface area contributed by atoms with E-state index in [9.17, 15) is 0 Å². The van der Waals surface area contributed by atoms with Gasteiger partial charge >= 0.3 is 0 Å². The normalized spacial score (nSPS) is 11.9. The van der Waals surface area contributed by atoms with E-state index in [1.165, 1.54) is 224 Å². The fourth-order valence-corrected chi connectivity index (χ4v) is 11.0. The van der Waals surface area contributed by atoms with Gasteiger partial charge in [-0.05, 0) is 25.7 Å². The minimum absolute atomic E-state index is 0.956. The van der Waals surface area contributed by atoms with Gasteiger partial charge in [0, 0.05) is 16.6 Å². The predicted molar refractivity (Wildman–Crippen MR) is 240 cm³/mol. The van der Waals surface area contributed by atoms with Crippen LogP contribution in [0.4, 0.5) is 0 Å². The molecule has 54 heavy (non-hydrogen) atoms. The number of benzene rings is 1. The Kier molecular flexibility index (Phi) is 20.9. The molecule has 0 saturated heterocycles. The maximum atomic E-state index is 4.91. The van der Waals surface area contributed by atoms with Crippen LogP contribution in [0.2, 0.25) is 0 Å². The molecule has 0 unspecified atom stereocenters. The molecule has 4 heterocycles. The molecule has 10 heteroatoms. The highest BCUT2D eigenvalue weighted by molar-refractivity contribution is 7.14. The number of hydrogen-bond donors (Lipinski definition) is 1. The van der Waals surface area contributed by atoms with Crippen LogP contribution in [0.3, 0.4) is 0 Å². The highest BCUT2D eigenvalue weighted by Gasteiger charge is 2.29. The highest BCUT2D eigenvalue weighted by Crippen LogP contribution is 2.45. The van der Waals surface area contributed by atoms with Gasteiger partial charge in [0.2, 0.25) is 11.3 Å². The van der Waals surface area contributed by atoms with Crippen LogP contribution in [0.15, 0.2) is 11.0 Å². The summed E-state index contributed by atoms with van der Waals surface area (Å²) in [5.74, 6) is 0. The lowest BCUT2D eigenvalue weighted by Crippen LogP contribution is -1.95. The van der Waals surface area contributed by atoms with Crippen molar-refractivity contribution < 1.29 is 0 Å². The average Bonchev–Trinajstić information content (AvgIpc) is 4.03. The first-order valence-electron chi connectivity index (χ1n) is 22.1. The minimum atomic E-state index is 0.956. The standard InChI is InChI=1S/C44H69N6S4/c1-3-5-7-9-11-13-15-17-19-21-23-25-27-29-31-35-43(51-33-45-35)37-39-41(49-53-47-39)38(42-40(37)48-54-50-42)44-36(46-34-52-44)32-30-28-26-24-22-20-18-16-14-12-10-8-6-4-2/h33-34,45H,3-32H2,1-2H3/q+1. The summed E-state index contributed by atoms with van der Waals surface area (Å²) < 4.78 is 19.6. The van der Waals surface area contributed by atoms with Crippen molar-refractivity contribution in [1.82, 2.24) is 27.5 Å². The molecule has 0 aliphatic heterocycles. The molecule has 1 aromatic carbocycles. The van der Waals surface area contributed by atoms with Crippen molar-refractivity contribution in [2.75, 3.05) is 0 Å². The first kappa shape index (κ1) is 43.2. The van der Waals surface area contributed by atoms with Crippen LogP contribution >= 0.6 is 46.1 Å². The lowest BCUT2D eigenvalue weighted by Gasteiger charge is -2.09. The molecule has 4 aromatic heterocycles. The molecule has 0 aliphatic rings. The maximum absolute atomic E-state index is 4.91. The van der Waals surface area contributed by atoms with Crippen LogP contribution < -0.4 is 4.37 Å². The monoisotopic (exact) mass is 809 g/mol. The number of fused-ring (bicyclic) bond motifs is 2. The van der Waals surface area contributed by atoms with Crippen LogP contribution in [0, 0.1) is 0 Å². The van der Waals surface area contributed by atoms with E-state index >= 15 is 0 Å². The van der Waals surface area contributed by atoms with Crippen molar-refractivity contribution >= 4 is 68.2 Å². The number of nitrogens with zero attached hydrogens (tertiary/aromatic N) is 5. The quantitative estimate of drug-likeness (QED) is 0.0346. The molecule has 0 amide bonds. The summed E-state index contributed by atoms with van der Waals surface area (Å²) in [6.07, 6.45) is 40.6. The SMILES string of the molecule is CCCCCCCCCCCCCCCCc1ncsc1-c1c2nsnc2c(-c2[s+]c[nH]c2CCCCCCCCCCCCCCCC)c2[n-][s+]nc12. The number of aromatic amines is 1. The first-order chi connectivity index (χ1) is 26.8. The van der Waals surface area contributed by atoms with Gasteiger partial charge < -0.3 is 4.98 Å². The molecule has 6 nitrogen and oxygen atoms in total. The summed E-state index contributed by atoms with van der Waals surface area (Å²) in [4.78, 5) is 10.9. The van der Waals surface area contributed by atoms with E-state index in [2.05, 4.69) is 24.3 Å². The van der Waals surface area contributed by atoms with Gasteiger partial charge in [0.05, 0.1) is 39.1 Å². The summed E-state index contributed by atoms with van der Waals surface area (Å²) >= 11 is 6.10. The molecular formula is C44H69N6S4+. The van der Waals surface area contributed by atoms with Crippen molar-refractivity contribution in [3.05, 3.63) is 22.4 Å². The highest BCUT2D eigenvalue weighted by atomic mass is 32.1. The first-order valence-corrected chi connectivity index (χ1v) is 25.4. The number of nitrogens with one attached hydrogen (secondary N) is 1. The number of rotatable bonds is 32. The van der Waals surface area contributed by atoms with Crippen molar-refractivity contribution in [2.24, 2.45) is 0 Å². The number of thiazole rings is 2. The van der Waals surface area contributed by atoms with Crippen LogP contribution in [0.5, 0.6) is 0 Å². The van der Waals surface area contributed by atoms with Gasteiger partial charge in [-0.3, -0.25) is 0 Å². The van der Waals surface area contributed by atoms with E-state index in [4.69, 9.17) is 22.5 Å². The van der Waals surface area contributed by atoms with E-state index in [1.54, 1.807) is 22.7 Å². The third-order valence-corrected chi connectivity index (χ3v) is 14.1. The van der Waals surface area contributed by atoms with E-state index in [0.717, 1.165) is 46.0 Å².